The van der Waals surface area contributed by atoms with Crippen molar-refractivity contribution >= 4 is 56.5 Å². The molecule has 12 N–H and O–H groups in total. The maximum atomic E-state index is 5.05. The number of rotatable bonds is 0. The van der Waals surface area contributed by atoms with Crippen molar-refractivity contribution in [1.82, 2.24) is 0 Å². The Morgan fingerprint density at radius 3 is 0.385 bits per heavy atom. The van der Waals surface area contributed by atoms with Gasteiger partial charge in [0.2, 0.25) is 0 Å². The first-order chi connectivity index (χ1) is 2.45. The van der Waals surface area contributed by atoms with Crippen LogP contribution in [0.2, 0.25) is 0 Å². The van der Waals surface area contributed by atoms with Gasteiger partial charge >= 0.3 is 63.8 Å². The van der Waals surface area contributed by atoms with Gasteiger partial charge in [-0.25, -0.2) is 0 Å². The van der Waals surface area contributed by atoms with Crippen molar-refractivity contribution < 1.29 is 40.2 Å². The van der Waals surface area contributed by atoms with Crippen molar-refractivity contribution in [3.05, 3.63) is 0 Å². The quantitative estimate of drug-likeness (QED) is 0.390. The molecule has 0 heterocycles. The van der Waals surface area contributed by atoms with Crippen LogP contribution in [-0.4, -0.2) is 32.9 Å². The second-order valence-corrected chi connectivity index (χ2v) is 49.9. The first kappa shape index (κ1) is 45.6. The van der Waals surface area contributed by atoms with Gasteiger partial charge < -0.3 is 32.9 Å². The molecule has 0 aromatic carbocycles. The molecule has 0 aliphatic heterocycles. The summed E-state index contributed by atoms with van der Waals surface area (Å²) in [4.78, 5) is 0. The van der Waals surface area contributed by atoms with Crippen LogP contribution in [0.15, 0.2) is 0 Å². The summed E-state index contributed by atoms with van der Waals surface area (Å²) in [7, 11) is 25.0. The summed E-state index contributed by atoms with van der Waals surface area (Å²) in [6, 6.07) is 0. The third-order valence-electron chi connectivity index (χ3n) is 0. The minimum absolute atomic E-state index is 0. The molecule has 0 aromatic rings. The van der Waals surface area contributed by atoms with Crippen molar-refractivity contribution in [2.75, 3.05) is 0 Å². The van der Waals surface area contributed by atoms with E-state index in [0.717, 1.165) is 0 Å². The van der Waals surface area contributed by atoms with E-state index in [1.54, 1.807) is 0 Å². The molecule has 0 saturated heterocycles. The zero-order chi connectivity index (χ0) is 6.41. The molecular formula is H12Cl6O6Pt-2. The molecular weight excluding hydrogens is 504 g/mol. The molecule has 0 amide bonds. The molecule has 6 nitrogen and oxygen atoms in total. The fraction of sp³-hybridized carbons (Fsp3) is 0. The Morgan fingerprint density at radius 1 is 0.385 bits per heavy atom. The first-order valence-electron chi connectivity index (χ1n) is 0.717. The summed E-state index contributed by atoms with van der Waals surface area (Å²) in [5.41, 5.74) is 0. The van der Waals surface area contributed by atoms with Crippen LogP contribution in [0.3, 0.4) is 0 Å². The molecule has 0 aliphatic rings. The second kappa shape index (κ2) is 8.35. The summed E-state index contributed by atoms with van der Waals surface area (Å²) < 4.78 is 0. The van der Waals surface area contributed by atoms with Crippen molar-refractivity contribution in [3.8, 4) is 0 Å². The van der Waals surface area contributed by atoms with E-state index in [4.69, 9.17) is 56.5 Å². The monoisotopic (exact) mass is 513 g/mol. The van der Waals surface area contributed by atoms with Gasteiger partial charge in [0.1, 0.15) is 0 Å². The molecule has 13 heavy (non-hydrogen) atoms. The predicted molar refractivity (Wildman–Crippen MR) is 56.8 cm³/mol. The van der Waals surface area contributed by atoms with E-state index in [-0.39, 0.29) is 32.9 Å². The van der Waals surface area contributed by atoms with E-state index in [2.05, 4.69) is 0 Å². The standard InChI is InChI=1S/6ClH.6H2O.Pt/h6*1H;6*1H2;/q;;;;;;;;;;;;+4/p-6. The van der Waals surface area contributed by atoms with Crippen LogP contribution in [0.4, 0.5) is 0 Å². The number of halogens is 6. The Hall–Kier alpha value is 2.19. The average molecular weight is 516 g/mol. The topological polar surface area (TPSA) is 189 Å². The molecule has 0 radical (unpaired) electrons. The van der Waals surface area contributed by atoms with Gasteiger partial charge in [-0.3, -0.25) is 0 Å². The van der Waals surface area contributed by atoms with Gasteiger partial charge in [-0.2, -0.15) is 0 Å². The Bertz CT molecular complexity index is 75.7. The van der Waals surface area contributed by atoms with E-state index in [1.807, 2.05) is 0 Å². The van der Waals surface area contributed by atoms with Crippen LogP contribution in [0.25, 0.3) is 0 Å². The number of hydrogen-bond donors (Lipinski definition) is 0. The first-order valence-corrected chi connectivity index (χ1v) is 17.6. The van der Waals surface area contributed by atoms with Gasteiger partial charge in [-0.05, 0) is 0 Å². The minimum atomic E-state index is -5.29. The zero-order valence-electron chi connectivity index (χ0n) is 5.58. The molecule has 0 aromatic heterocycles. The van der Waals surface area contributed by atoms with Crippen LogP contribution < -0.4 is 0 Å². The van der Waals surface area contributed by atoms with Crippen LogP contribution >= 0.6 is 56.5 Å². The Morgan fingerprint density at radius 2 is 0.385 bits per heavy atom. The van der Waals surface area contributed by atoms with Crippen molar-refractivity contribution in [2.24, 2.45) is 0 Å². The van der Waals surface area contributed by atoms with Gasteiger partial charge in [0.25, 0.3) is 0 Å². The van der Waals surface area contributed by atoms with E-state index in [0.29, 0.717) is 0 Å². The van der Waals surface area contributed by atoms with E-state index in [9.17, 15) is 0 Å². The average Bonchev–Trinajstić information content (AvgIpc) is 0.592. The summed E-state index contributed by atoms with van der Waals surface area (Å²) in [6.45, 7) is 0. The molecule has 102 valence electrons. The maximum absolute atomic E-state index is 5.29. The summed E-state index contributed by atoms with van der Waals surface area (Å²) in [5.74, 6) is 0. The molecule has 0 spiro atoms. The Labute approximate surface area is 95.9 Å². The van der Waals surface area contributed by atoms with Crippen LogP contribution in [0.5, 0.6) is 0 Å². The van der Waals surface area contributed by atoms with Crippen LogP contribution in [0, 0.1) is 0 Å². The summed E-state index contributed by atoms with van der Waals surface area (Å²) in [5, 5.41) is 0. The molecule has 0 aliphatic carbocycles. The normalized spacial score (nSPS) is 12.5. The van der Waals surface area contributed by atoms with Gasteiger partial charge in [0.05, 0.1) is 0 Å². The molecule has 0 fully saturated rings. The molecule has 0 atom stereocenters. The fourth-order valence-corrected chi connectivity index (χ4v) is 0. The molecule has 0 saturated carbocycles. The molecule has 0 unspecified atom stereocenters. The van der Waals surface area contributed by atoms with Crippen molar-refractivity contribution in [1.29, 1.82) is 0 Å². The van der Waals surface area contributed by atoms with Gasteiger partial charge in [0.15, 0.2) is 0 Å². The summed E-state index contributed by atoms with van der Waals surface area (Å²) in [6.07, 6.45) is 0. The van der Waals surface area contributed by atoms with Crippen LogP contribution in [-0.2, 0) is 7.31 Å². The number of hydrogen-bond acceptors (Lipinski definition) is 0. The molecule has 0 rings (SSSR count). The zero-order valence-corrected chi connectivity index (χ0v) is 12.4. The second-order valence-electron chi connectivity index (χ2n) is 0.678. The van der Waals surface area contributed by atoms with Gasteiger partial charge in [-0.15, -0.1) is 0 Å². The van der Waals surface area contributed by atoms with E-state index in [1.165, 1.54) is 0 Å². The van der Waals surface area contributed by atoms with Gasteiger partial charge in [0, 0.05) is 0 Å². The third-order valence-corrected chi connectivity index (χ3v) is 0. The Kier molecular flexibility index (Phi) is 29.3. The van der Waals surface area contributed by atoms with Crippen molar-refractivity contribution in [2.45, 2.75) is 0 Å². The Balaban J connectivity index is -0.0000000120. The SMILES string of the molecule is O.O.O.O.O.O.[Cl][Pt-2]([Cl])([Cl])([Cl])([Cl])[Cl]. The molecule has 13 heteroatoms. The van der Waals surface area contributed by atoms with Gasteiger partial charge in [-0.1, -0.05) is 0 Å². The predicted octanol–water partition coefficient (Wildman–Crippen LogP) is -0.814. The molecule has 0 bridgehead atoms. The van der Waals surface area contributed by atoms with E-state index < -0.39 is 7.31 Å². The third kappa shape index (κ3) is 440. The summed E-state index contributed by atoms with van der Waals surface area (Å²) >= 11 is 0. The van der Waals surface area contributed by atoms with Crippen LogP contribution in [0.1, 0.15) is 0 Å². The van der Waals surface area contributed by atoms with Crippen molar-refractivity contribution in [3.63, 3.8) is 0 Å². The van der Waals surface area contributed by atoms with E-state index >= 15 is 0 Å². The fourth-order valence-electron chi connectivity index (χ4n) is 0.